The molecule has 0 spiro atoms. The molecule has 0 radical (unpaired) electrons. The van der Waals surface area contributed by atoms with Crippen LogP contribution in [0.1, 0.15) is 19.3 Å². The predicted molar refractivity (Wildman–Crippen MR) is 164 cm³/mol. The molecule has 0 atom stereocenters. The van der Waals surface area contributed by atoms with E-state index in [1.807, 2.05) is 0 Å². The van der Waals surface area contributed by atoms with Crippen LogP contribution in [-0.2, 0) is 43.0 Å². The molecular weight excluding hydrogens is 607 g/mol. The summed E-state index contributed by atoms with van der Waals surface area (Å²) in [5.74, 6) is 0.948. The number of thioether (sulfide) groups is 3. The summed E-state index contributed by atoms with van der Waals surface area (Å²) in [5.41, 5.74) is 0. The molecule has 0 aromatic rings. The van der Waals surface area contributed by atoms with Crippen molar-refractivity contribution in [2.45, 2.75) is 19.3 Å². The molecule has 1 fully saturated rings. The van der Waals surface area contributed by atoms with Crippen molar-refractivity contribution in [3.8, 4) is 0 Å². The van der Waals surface area contributed by atoms with Crippen molar-refractivity contribution in [3.05, 3.63) is 38.0 Å². The molecule has 234 valence electrons. The number of amides is 3. The molecule has 1 rings (SSSR count). The van der Waals surface area contributed by atoms with Crippen molar-refractivity contribution in [2.24, 2.45) is 0 Å². The molecule has 3 amide bonds. The van der Waals surface area contributed by atoms with Gasteiger partial charge < -0.3 is 28.9 Å². The molecule has 0 aromatic heterocycles. The first-order valence-corrected chi connectivity index (χ1v) is 16.6. The number of esters is 3. The molecule has 0 N–H and O–H groups in total. The molecular formula is C27H39N3O9S3. The van der Waals surface area contributed by atoms with Crippen LogP contribution in [0.4, 0.5) is 0 Å². The Balaban J connectivity index is 2.61. The Bertz CT molecular complexity index is 840. The lowest BCUT2D eigenvalue weighted by molar-refractivity contribution is -0.158. The summed E-state index contributed by atoms with van der Waals surface area (Å²) in [4.78, 5) is 76.7. The fourth-order valence-corrected chi connectivity index (χ4v) is 5.44. The summed E-state index contributed by atoms with van der Waals surface area (Å²) in [6.45, 7) is 10.9. The highest BCUT2D eigenvalue weighted by Gasteiger charge is 2.31. The fraction of sp³-hybridized carbons (Fsp3) is 0.556. The van der Waals surface area contributed by atoms with Crippen LogP contribution in [0.3, 0.4) is 0 Å². The van der Waals surface area contributed by atoms with Gasteiger partial charge in [-0.3, -0.25) is 14.4 Å². The number of carbonyl (C=O) groups is 6. The van der Waals surface area contributed by atoms with Crippen LogP contribution in [0.15, 0.2) is 38.0 Å². The second-order valence-electron chi connectivity index (χ2n) is 8.43. The Labute approximate surface area is 259 Å². The zero-order chi connectivity index (χ0) is 31.2. The number of rotatable bonds is 21. The average molecular weight is 646 g/mol. The van der Waals surface area contributed by atoms with Gasteiger partial charge in [-0.1, -0.05) is 19.7 Å². The predicted octanol–water partition coefficient (Wildman–Crippen LogP) is 1.92. The number of nitrogens with zero attached hydrogens (tertiary/aromatic N) is 3. The molecule has 0 bridgehead atoms. The summed E-state index contributed by atoms with van der Waals surface area (Å²) < 4.78 is 14.8. The van der Waals surface area contributed by atoms with Crippen molar-refractivity contribution in [2.75, 3.05) is 74.3 Å². The van der Waals surface area contributed by atoms with Crippen LogP contribution in [0.2, 0.25) is 0 Å². The van der Waals surface area contributed by atoms with Crippen LogP contribution < -0.4 is 0 Å². The first kappa shape index (κ1) is 37.1. The lowest BCUT2D eigenvalue weighted by Crippen LogP contribution is -2.59. The number of ether oxygens (including phenoxy) is 3. The van der Waals surface area contributed by atoms with Gasteiger partial charge in [-0.25, -0.2) is 14.4 Å². The van der Waals surface area contributed by atoms with E-state index in [4.69, 9.17) is 14.2 Å². The zero-order valence-electron chi connectivity index (χ0n) is 23.7. The van der Waals surface area contributed by atoms with E-state index in [0.717, 1.165) is 18.2 Å². The molecule has 12 nitrogen and oxygen atoms in total. The van der Waals surface area contributed by atoms with Crippen LogP contribution in [0, 0.1) is 0 Å². The van der Waals surface area contributed by atoms with Crippen LogP contribution >= 0.6 is 35.3 Å². The third-order valence-electron chi connectivity index (χ3n) is 5.38. The SMILES string of the molecule is C=CC(=O)OCCSCCC(=O)N1CN(C(=O)CCSCCOC(=O)C=C)CN(C(=O)CCSCCOC(=O)C=C)C1. The van der Waals surface area contributed by atoms with E-state index >= 15 is 0 Å². The quantitative estimate of drug-likeness (QED) is 0.0780. The van der Waals surface area contributed by atoms with Gasteiger partial charge in [0.2, 0.25) is 17.7 Å². The highest BCUT2D eigenvalue weighted by atomic mass is 32.2. The molecule has 0 saturated carbocycles. The van der Waals surface area contributed by atoms with Gasteiger partial charge in [0, 0.05) is 72.0 Å². The minimum atomic E-state index is -0.501. The zero-order valence-corrected chi connectivity index (χ0v) is 26.2. The van der Waals surface area contributed by atoms with Gasteiger partial charge in [0.15, 0.2) is 0 Å². The van der Waals surface area contributed by atoms with Gasteiger partial charge in [-0.2, -0.15) is 35.3 Å². The second kappa shape index (κ2) is 22.7. The highest BCUT2D eigenvalue weighted by Crippen LogP contribution is 2.16. The van der Waals surface area contributed by atoms with Crippen molar-refractivity contribution in [3.63, 3.8) is 0 Å². The van der Waals surface area contributed by atoms with E-state index in [0.29, 0.717) is 34.5 Å². The number of hydrogen-bond acceptors (Lipinski definition) is 12. The van der Waals surface area contributed by atoms with Crippen molar-refractivity contribution in [1.29, 1.82) is 0 Å². The molecule has 15 heteroatoms. The summed E-state index contributed by atoms with van der Waals surface area (Å²) in [7, 11) is 0. The van der Waals surface area contributed by atoms with E-state index in [-0.39, 0.29) is 76.8 Å². The molecule has 0 aliphatic carbocycles. The van der Waals surface area contributed by atoms with E-state index in [2.05, 4.69) is 19.7 Å². The minimum Gasteiger partial charge on any atom is -0.462 e. The van der Waals surface area contributed by atoms with Gasteiger partial charge in [0.1, 0.15) is 19.8 Å². The van der Waals surface area contributed by atoms with Crippen LogP contribution in [-0.4, -0.2) is 125 Å². The maximum Gasteiger partial charge on any atom is 0.330 e. The van der Waals surface area contributed by atoms with Gasteiger partial charge >= 0.3 is 17.9 Å². The van der Waals surface area contributed by atoms with E-state index in [9.17, 15) is 28.8 Å². The highest BCUT2D eigenvalue weighted by molar-refractivity contribution is 7.99. The minimum absolute atomic E-state index is 0.0775. The summed E-state index contributed by atoms with van der Waals surface area (Å²) in [6, 6.07) is 0. The summed E-state index contributed by atoms with van der Waals surface area (Å²) >= 11 is 4.36. The lowest BCUT2D eigenvalue weighted by Gasteiger charge is -2.42. The third kappa shape index (κ3) is 16.5. The maximum atomic E-state index is 13.0. The number of carbonyl (C=O) groups excluding carboxylic acids is 6. The Morgan fingerprint density at radius 2 is 0.762 bits per heavy atom. The first-order valence-electron chi connectivity index (χ1n) is 13.2. The molecule has 1 aliphatic rings. The average Bonchev–Trinajstić information content (AvgIpc) is 3.00. The van der Waals surface area contributed by atoms with Crippen LogP contribution in [0.25, 0.3) is 0 Å². The van der Waals surface area contributed by atoms with Gasteiger partial charge in [0.05, 0.1) is 20.0 Å². The van der Waals surface area contributed by atoms with Gasteiger partial charge in [-0.15, -0.1) is 0 Å². The Hall–Kier alpha value is -2.91. The van der Waals surface area contributed by atoms with E-state index in [1.54, 1.807) is 0 Å². The molecule has 0 unspecified atom stereocenters. The van der Waals surface area contributed by atoms with Gasteiger partial charge in [0.25, 0.3) is 0 Å². The van der Waals surface area contributed by atoms with Crippen molar-refractivity contribution >= 4 is 70.9 Å². The smallest absolute Gasteiger partial charge is 0.330 e. The maximum absolute atomic E-state index is 13.0. The topological polar surface area (TPSA) is 140 Å². The van der Waals surface area contributed by atoms with Gasteiger partial charge in [-0.05, 0) is 0 Å². The monoisotopic (exact) mass is 645 g/mol. The lowest BCUT2D eigenvalue weighted by atomic mass is 10.3. The summed E-state index contributed by atoms with van der Waals surface area (Å²) in [6.07, 6.45) is 3.85. The van der Waals surface area contributed by atoms with Crippen LogP contribution in [0.5, 0.6) is 0 Å². The Kier molecular flexibility index (Phi) is 20.0. The van der Waals surface area contributed by atoms with Crippen molar-refractivity contribution < 1.29 is 43.0 Å². The number of hydrogen-bond donors (Lipinski definition) is 0. The normalized spacial score (nSPS) is 12.7. The molecule has 1 saturated heterocycles. The Morgan fingerprint density at radius 3 is 1.00 bits per heavy atom. The second-order valence-corrected chi connectivity index (χ2v) is 12.1. The van der Waals surface area contributed by atoms with E-state index < -0.39 is 17.9 Å². The standard InChI is InChI=1S/C27H39N3O9S3/c1-4-25(34)37-10-16-40-13-7-22(31)28-19-29(23(32)8-14-41-17-11-38-26(35)5-2)21-30(20-28)24(33)9-15-42-18-12-39-27(36)6-3/h4-6H,1-3,7-21H2. The van der Waals surface area contributed by atoms with E-state index in [1.165, 1.54) is 50.0 Å². The molecule has 0 aromatic carbocycles. The molecule has 1 aliphatic heterocycles. The molecule has 1 heterocycles. The fourth-order valence-electron chi connectivity index (χ4n) is 3.26. The largest absolute Gasteiger partial charge is 0.462 e. The Morgan fingerprint density at radius 1 is 0.500 bits per heavy atom. The van der Waals surface area contributed by atoms with Crippen molar-refractivity contribution in [1.82, 2.24) is 14.7 Å². The molecule has 42 heavy (non-hydrogen) atoms. The summed E-state index contributed by atoms with van der Waals surface area (Å²) in [5, 5.41) is 0. The third-order valence-corrected chi connectivity index (χ3v) is 8.22. The first-order chi connectivity index (χ1) is 20.2.